The predicted molar refractivity (Wildman–Crippen MR) is 62.1 cm³/mol. The van der Waals surface area contributed by atoms with Gasteiger partial charge in [0.05, 0.1) is 0 Å². The fourth-order valence-electron chi connectivity index (χ4n) is 1.10. The van der Waals surface area contributed by atoms with Gasteiger partial charge in [0.2, 0.25) is 0 Å². The quantitative estimate of drug-likeness (QED) is 0.724. The molecule has 0 aliphatic rings. The Morgan fingerprint density at radius 2 is 1.38 bits per heavy atom. The van der Waals surface area contributed by atoms with Crippen molar-refractivity contribution in [2.45, 2.75) is 6.29 Å². The van der Waals surface area contributed by atoms with Crippen LogP contribution in [0.5, 0.6) is 0 Å². The zero-order chi connectivity index (χ0) is 12.2. The monoisotopic (exact) mass is 228 g/mol. The summed E-state index contributed by atoms with van der Waals surface area (Å²) in [5.74, 6) is 0. The van der Waals surface area contributed by atoms with Gasteiger partial charge in [0.15, 0.2) is 6.29 Å². The average molecular weight is 228 g/mol. The molecular weight excluding hydrogens is 208 g/mol. The highest BCUT2D eigenvalue weighted by Crippen LogP contribution is 2.15. The van der Waals surface area contributed by atoms with E-state index in [9.17, 15) is 0 Å². The highest BCUT2D eigenvalue weighted by Gasteiger charge is 2.05. The molecule has 0 saturated carbocycles. The number of methoxy groups -OCH3 is 4. The van der Waals surface area contributed by atoms with Crippen molar-refractivity contribution in [2.75, 3.05) is 35.2 Å². The first-order valence-corrected chi connectivity index (χ1v) is 4.88. The summed E-state index contributed by atoms with van der Waals surface area (Å²) in [4.78, 5) is 0. The average Bonchev–Trinajstić information content (AvgIpc) is 2.34. The largest absolute Gasteiger partial charge is 0.359 e. The van der Waals surface area contributed by atoms with Gasteiger partial charge in [-0.05, 0) is 0 Å². The van der Waals surface area contributed by atoms with Crippen LogP contribution < -0.4 is 0 Å². The van der Waals surface area contributed by atoms with E-state index in [1.165, 1.54) is 0 Å². The summed E-state index contributed by atoms with van der Waals surface area (Å²) in [5, 5.41) is 0. The minimum Gasteiger partial charge on any atom is -0.359 e. The maximum Gasteiger partial charge on any atom is 0.183 e. The molecule has 0 aromatic heterocycles. The lowest BCUT2D eigenvalue weighted by Gasteiger charge is -2.12. The molecule has 0 aliphatic heterocycles. The van der Waals surface area contributed by atoms with Crippen LogP contribution in [0.1, 0.15) is 11.9 Å². The van der Waals surface area contributed by atoms with E-state index in [1.807, 2.05) is 30.3 Å². The molecule has 0 amide bonds. The summed E-state index contributed by atoms with van der Waals surface area (Å²) in [6.45, 7) is 0.389. The molecule has 4 nitrogen and oxygen atoms in total. The predicted octanol–water partition coefficient (Wildman–Crippen LogP) is 2.21. The third-order valence-electron chi connectivity index (χ3n) is 1.74. The summed E-state index contributed by atoms with van der Waals surface area (Å²) in [6, 6.07) is 9.82. The molecule has 0 atom stereocenters. The van der Waals surface area contributed by atoms with Gasteiger partial charge in [-0.15, -0.1) is 0 Å². The fourth-order valence-corrected chi connectivity index (χ4v) is 1.10. The first-order chi connectivity index (χ1) is 7.79. The van der Waals surface area contributed by atoms with E-state index in [1.54, 1.807) is 28.4 Å². The van der Waals surface area contributed by atoms with Gasteiger partial charge in [-0.2, -0.15) is 0 Å². The van der Waals surface area contributed by atoms with E-state index < -0.39 is 0 Å². The van der Waals surface area contributed by atoms with Crippen LogP contribution in [-0.2, 0) is 18.9 Å². The molecule has 0 spiro atoms. The fraction of sp³-hybridized carbons (Fsp3) is 0.500. The summed E-state index contributed by atoms with van der Waals surface area (Å²) in [6.07, 6.45) is -0.240. The number of benzene rings is 1. The molecule has 1 rings (SSSR count). The summed E-state index contributed by atoms with van der Waals surface area (Å²) >= 11 is 0. The second-order valence-electron chi connectivity index (χ2n) is 2.91. The van der Waals surface area contributed by atoms with Gasteiger partial charge < -0.3 is 18.9 Å². The minimum atomic E-state index is -0.240. The Balaban J connectivity index is 0.000000385. The highest BCUT2D eigenvalue weighted by atomic mass is 16.7. The zero-order valence-corrected chi connectivity index (χ0v) is 10.3. The van der Waals surface area contributed by atoms with Gasteiger partial charge in [0.1, 0.15) is 6.79 Å². The third-order valence-corrected chi connectivity index (χ3v) is 1.74. The Labute approximate surface area is 97.1 Å². The third kappa shape index (κ3) is 6.53. The lowest BCUT2D eigenvalue weighted by atomic mass is 10.2. The topological polar surface area (TPSA) is 36.9 Å². The molecule has 0 bridgehead atoms. The molecular formula is C12H20O4. The number of ether oxygens (including phenoxy) is 4. The number of hydrogen-bond donors (Lipinski definition) is 0. The standard InChI is InChI=1S/C9H12O2.C3H8O2/c1-10-9(11-2)8-6-4-3-5-7-8;1-4-3-5-2/h3-7,9H,1-2H3;3H2,1-2H3. The molecule has 16 heavy (non-hydrogen) atoms. The Kier molecular flexibility index (Phi) is 9.95. The van der Waals surface area contributed by atoms with E-state index in [0.717, 1.165) is 5.56 Å². The van der Waals surface area contributed by atoms with Crippen LogP contribution in [0.2, 0.25) is 0 Å². The van der Waals surface area contributed by atoms with Crippen LogP contribution in [0.4, 0.5) is 0 Å². The van der Waals surface area contributed by atoms with Crippen molar-refractivity contribution >= 4 is 0 Å². The van der Waals surface area contributed by atoms with E-state index in [2.05, 4.69) is 9.47 Å². The molecule has 0 radical (unpaired) electrons. The lowest BCUT2D eigenvalue weighted by molar-refractivity contribution is -0.106. The van der Waals surface area contributed by atoms with Gasteiger partial charge in [-0.1, -0.05) is 30.3 Å². The Hall–Kier alpha value is -0.940. The minimum absolute atomic E-state index is 0.240. The maximum absolute atomic E-state index is 5.06. The highest BCUT2D eigenvalue weighted by molar-refractivity contribution is 5.15. The van der Waals surface area contributed by atoms with Crippen molar-refractivity contribution in [1.82, 2.24) is 0 Å². The smallest absolute Gasteiger partial charge is 0.183 e. The maximum atomic E-state index is 5.06. The van der Waals surface area contributed by atoms with Crippen LogP contribution in [0.25, 0.3) is 0 Å². The molecule has 0 saturated heterocycles. The molecule has 4 heteroatoms. The summed E-state index contributed by atoms with van der Waals surface area (Å²) in [7, 11) is 6.43. The van der Waals surface area contributed by atoms with Crippen molar-refractivity contribution in [3.05, 3.63) is 35.9 Å². The van der Waals surface area contributed by atoms with E-state index in [0.29, 0.717) is 6.79 Å². The van der Waals surface area contributed by atoms with Crippen molar-refractivity contribution in [1.29, 1.82) is 0 Å². The van der Waals surface area contributed by atoms with Crippen molar-refractivity contribution < 1.29 is 18.9 Å². The molecule has 0 aliphatic carbocycles. The van der Waals surface area contributed by atoms with Crippen LogP contribution in [0.15, 0.2) is 30.3 Å². The zero-order valence-electron chi connectivity index (χ0n) is 10.3. The second kappa shape index (κ2) is 10.6. The molecule has 0 N–H and O–H groups in total. The van der Waals surface area contributed by atoms with Crippen LogP contribution in [0.3, 0.4) is 0 Å². The molecule has 92 valence electrons. The molecule has 0 heterocycles. The van der Waals surface area contributed by atoms with Crippen molar-refractivity contribution in [2.24, 2.45) is 0 Å². The van der Waals surface area contributed by atoms with E-state index in [-0.39, 0.29) is 6.29 Å². The van der Waals surface area contributed by atoms with Gasteiger partial charge in [-0.3, -0.25) is 0 Å². The van der Waals surface area contributed by atoms with Crippen molar-refractivity contribution in [3.8, 4) is 0 Å². The number of hydrogen-bond acceptors (Lipinski definition) is 4. The molecule has 1 aromatic rings. The molecule has 0 fully saturated rings. The van der Waals surface area contributed by atoms with E-state index in [4.69, 9.17) is 9.47 Å². The SMILES string of the molecule is COC(OC)c1ccccc1.COCOC. The van der Waals surface area contributed by atoms with Crippen LogP contribution >= 0.6 is 0 Å². The normalized spacial score (nSPS) is 9.81. The van der Waals surface area contributed by atoms with E-state index >= 15 is 0 Å². The number of rotatable bonds is 5. The summed E-state index contributed by atoms with van der Waals surface area (Å²) < 4.78 is 19.1. The Morgan fingerprint density at radius 3 is 1.69 bits per heavy atom. The molecule has 1 aromatic carbocycles. The van der Waals surface area contributed by atoms with Gasteiger partial charge in [0.25, 0.3) is 0 Å². The summed E-state index contributed by atoms with van der Waals surface area (Å²) in [5.41, 5.74) is 1.04. The van der Waals surface area contributed by atoms with Crippen LogP contribution in [-0.4, -0.2) is 35.2 Å². The first kappa shape index (κ1) is 15.1. The Bertz CT molecular complexity index is 232. The first-order valence-electron chi connectivity index (χ1n) is 4.88. The van der Waals surface area contributed by atoms with Crippen molar-refractivity contribution in [3.63, 3.8) is 0 Å². The second-order valence-corrected chi connectivity index (χ2v) is 2.91. The van der Waals surface area contributed by atoms with Gasteiger partial charge in [0, 0.05) is 34.0 Å². The Morgan fingerprint density at radius 1 is 0.875 bits per heavy atom. The van der Waals surface area contributed by atoms with Gasteiger partial charge in [-0.25, -0.2) is 0 Å². The molecule has 0 unspecified atom stereocenters. The van der Waals surface area contributed by atoms with Crippen LogP contribution in [0, 0.1) is 0 Å². The lowest BCUT2D eigenvalue weighted by Crippen LogP contribution is -2.02. The van der Waals surface area contributed by atoms with Gasteiger partial charge >= 0.3 is 0 Å².